The van der Waals surface area contributed by atoms with Gasteiger partial charge in [0, 0.05) is 22.4 Å². The maximum atomic E-state index is 14.2. The first-order valence-corrected chi connectivity index (χ1v) is 7.01. The second kappa shape index (κ2) is 5.45. The molecule has 0 bridgehead atoms. The van der Waals surface area contributed by atoms with Gasteiger partial charge in [-0.2, -0.15) is 5.10 Å². The molecule has 0 saturated carbocycles. The molecule has 2 aromatic heterocycles. The highest BCUT2D eigenvalue weighted by Gasteiger charge is 2.18. The normalized spacial score (nSPS) is 10.8. The van der Waals surface area contributed by atoms with Crippen molar-refractivity contribution in [2.24, 2.45) is 0 Å². The Hall–Kier alpha value is -1.93. The van der Waals surface area contributed by atoms with Crippen LogP contribution in [0.2, 0.25) is 0 Å². The third-order valence-electron chi connectivity index (χ3n) is 2.82. The van der Waals surface area contributed by atoms with Crippen molar-refractivity contribution in [2.75, 3.05) is 0 Å². The molecule has 1 aromatic carbocycles. The SMILES string of the molecule is Fc1cc(Br)cc(F)c1-n1c(-c2ccncc2)n[nH]c1=S. The van der Waals surface area contributed by atoms with E-state index in [-0.39, 0.29) is 10.5 Å². The van der Waals surface area contributed by atoms with Crippen LogP contribution in [0.4, 0.5) is 8.78 Å². The van der Waals surface area contributed by atoms with Gasteiger partial charge in [-0.25, -0.2) is 8.78 Å². The van der Waals surface area contributed by atoms with Crippen LogP contribution in [0.15, 0.2) is 41.1 Å². The molecule has 0 saturated heterocycles. The Labute approximate surface area is 131 Å². The van der Waals surface area contributed by atoms with Gasteiger partial charge < -0.3 is 0 Å². The molecular weight excluding hydrogens is 362 g/mol. The van der Waals surface area contributed by atoms with E-state index in [9.17, 15) is 8.78 Å². The van der Waals surface area contributed by atoms with E-state index in [2.05, 4.69) is 31.1 Å². The standard InChI is InChI=1S/C13H7BrF2N4S/c14-8-5-9(15)11(10(16)6-8)20-12(18-19-13(20)21)7-1-3-17-4-2-7/h1-6H,(H,19,21). The minimum atomic E-state index is -0.741. The van der Waals surface area contributed by atoms with Crippen molar-refractivity contribution in [1.29, 1.82) is 0 Å². The first-order valence-electron chi connectivity index (χ1n) is 5.80. The molecule has 21 heavy (non-hydrogen) atoms. The van der Waals surface area contributed by atoms with Crippen molar-refractivity contribution in [3.05, 3.63) is 57.5 Å². The third kappa shape index (κ3) is 2.52. The number of aromatic amines is 1. The van der Waals surface area contributed by atoms with Crippen molar-refractivity contribution < 1.29 is 8.78 Å². The molecule has 0 aliphatic carbocycles. The first-order chi connectivity index (χ1) is 10.1. The van der Waals surface area contributed by atoms with Crippen molar-refractivity contribution in [3.8, 4) is 17.1 Å². The van der Waals surface area contributed by atoms with Gasteiger partial charge in [0.2, 0.25) is 0 Å². The fourth-order valence-electron chi connectivity index (χ4n) is 1.95. The molecule has 0 radical (unpaired) electrons. The zero-order valence-corrected chi connectivity index (χ0v) is 12.8. The van der Waals surface area contributed by atoms with E-state index in [1.54, 1.807) is 24.5 Å². The average Bonchev–Trinajstić information content (AvgIpc) is 2.81. The van der Waals surface area contributed by atoms with Crippen LogP contribution in [0.25, 0.3) is 17.1 Å². The summed E-state index contributed by atoms with van der Waals surface area (Å²) in [6.07, 6.45) is 3.12. The van der Waals surface area contributed by atoms with Gasteiger partial charge in [-0.3, -0.25) is 14.6 Å². The first kappa shape index (κ1) is 14.0. The minimum Gasteiger partial charge on any atom is -0.265 e. The Balaban J connectivity index is 2.30. The molecule has 8 heteroatoms. The van der Waals surface area contributed by atoms with Gasteiger partial charge in [-0.15, -0.1) is 0 Å². The van der Waals surface area contributed by atoms with Gasteiger partial charge in [0.25, 0.3) is 0 Å². The van der Waals surface area contributed by atoms with Crippen LogP contribution in [-0.2, 0) is 0 Å². The zero-order chi connectivity index (χ0) is 15.0. The second-order valence-electron chi connectivity index (χ2n) is 4.14. The topological polar surface area (TPSA) is 46.5 Å². The fourth-order valence-corrected chi connectivity index (χ4v) is 2.57. The Kier molecular flexibility index (Phi) is 3.64. The summed E-state index contributed by atoms with van der Waals surface area (Å²) >= 11 is 8.14. The smallest absolute Gasteiger partial charge is 0.200 e. The lowest BCUT2D eigenvalue weighted by atomic mass is 10.2. The van der Waals surface area contributed by atoms with Crippen molar-refractivity contribution in [1.82, 2.24) is 19.7 Å². The summed E-state index contributed by atoms with van der Waals surface area (Å²) in [5.41, 5.74) is 0.364. The molecular formula is C13H7BrF2N4S. The van der Waals surface area contributed by atoms with Crippen molar-refractivity contribution in [3.63, 3.8) is 0 Å². The van der Waals surface area contributed by atoms with E-state index >= 15 is 0 Å². The van der Waals surface area contributed by atoms with E-state index in [0.29, 0.717) is 15.9 Å². The molecule has 0 aliphatic rings. The molecule has 0 atom stereocenters. The van der Waals surface area contributed by atoms with Crippen LogP contribution in [0.5, 0.6) is 0 Å². The summed E-state index contributed by atoms with van der Waals surface area (Å²) in [4.78, 5) is 3.90. The lowest BCUT2D eigenvalue weighted by Crippen LogP contribution is -2.04. The predicted octanol–water partition coefficient (Wildman–Crippen LogP) is 4.03. The highest BCUT2D eigenvalue weighted by molar-refractivity contribution is 9.10. The maximum absolute atomic E-state index is 14.2. The quantitative estimate of drug-likeness (QED) is 0.694. The predicted molar refractivity (Wildman–Crippen MR) is 79.6 cm³/mol. The molecule has 0 spiro atoms. The number of nitrogens with zero attached hydrogens (tertiary/aromatic N) is 3. The van der Waals surface area contributed by atoms with E-state index < -0.39 is 11.6 Å². The molecule has 3 rings (SSSR count). The number of halogens is 3. The average molecular weight is 369 g/mol. The molecule has 4 nitrogen and oxygen atoms in total. The van der Waals surface area contributed by atoms with Crippen LogP contribution in [0.1, 0.15) is 0 Å². The molecule has 2 heterocycles. The Morgan fingerprint density at radius 2 is 1.76 bits per heavy atom. The second-order valence-corrected chi connectivity index (χ2v) is 5.44. The Morgan fingerprint density at radius 3 is 2.38 bits per heavy atom. The number of nitrogens with one attached hydrogen (secondary N) is 1. The monoisotopic (exact) mass is 368 g/mol. The highest BCUT2D eigenvalue weighted by atomic mass is 79.9. The lowest BCUT2D eigenvalue weighted by molar-refractivity contribution is 0.567. The number of aromatic nitrogens is 4. The third-order valence-corrected chi connectivity index (χ3v) is 3.55. The van der Waals surface area contributed by atoms with Crippen LogP contribution in [-0.4, -0.2) is 19.7 Å². The van der Waals surface area contributed by atoms with E-state index in [1.165, 1.54) is 16.7 Å². The molecule has 106 valence electrons. The van der Waals surface area contributed by atoms with Gasteiger partial charge in [-0.1, -0.05) is 15.9 Å². The summed E-state index contributed by atoms with van der Waals surface area (Å²) in [5, 5.41) is 6.59. The zero-order valence-electron chi connectivity index (χ0n) is 10.3. The van der Waals surface area contributed by atoms with Crippen molar-refractivity contribution in [2.45, 2.75) is 0 Å². The molecule has 3 aromatic rings. The number of hydrogen-bond acceptors (Lipinski definition) is 3. The summed E-state index contributed by atoms with van der Waals surface area (Å²) in [6, 6.07) is 5.69. The van der Waals surface area contributed by atoms with Gasteiger partial charge in [0.1, 0.15) is 5.69 Å². The summed E-state index contributed by atoms with van der Waals surface area (Å²) in [6.45, 7) is 0. The number of rotatable bonds is 2. The van der Waals surface area contributed by atoms with E-state index in [4.69, 9.17) is 12.2 Å². The van der Waals surface area contributed by atoms with Crippen LogP contribution < -0.4 is 0 Å². The number of H-pyrrole nitrogens is 1. The van der Waals surface area contributed by atoms with Crippen LogP contribution >= 0.6 is 28.1 Å². The fraction of sp³-hybridized carbons (Fsp3) is 0. The molecule has 0 amide bonds. The summed E-state index contributed by atoms with van der Waals surface area (Å²) in [7, 11) is 0. The lowest BCUT2D eigenvalue weighted by Gasteiger charge is -2.09. The van der Waals surface area contributed by atoms with Gasteiger partial charge in [0.05, 0.1) is 0 Å². The van der Waals surface area contributed by atoms with Crippen molar-refractivity contribution >= 4 is 28.1 Å². The number of pyridine rings is 1. The van der Waals surface area contributed by atoms with Gasteiger partial charge in [0.15, 0.2) is 22.2 Å². The summed E-state index contributed by atoms with van der Waals surface area (Å²) < 4.78 is 29.9. The minimum absolute atomic E-state index is 0.0990. The molecule has 1 N–H and O–H groups in total. The molecule has 0 unspecified atom stereocenters. The molecule has 0 fully saturated rings. The number of hydrogen-bond donors (Lipinski definition) is 1. The summed E-state index contributed by atoms with van der Waals surface area (Å²) in [5.74, 6) is -1.17. The van der Waals surface area contributed by atoms with Crippen LogP contribution in [0, 0.1) is 16.4 Å². The van der Waals surface area contributed by atoms with Crippen LogP contribution in [0.3, 0.4) is 0 Å². The van der Waals surface area contributed by atoms with Gasteiger partial charge in [-0.05, 0) is 36.5 Å². The molecule has 0 aliphatic heterocycles. The van der Waals surface area contributed by atoms with E-state index in [1.807, 2.05) is 0 Å². The van der Waals surface area contributed by atoms with Gasteiger partial charge >= 0.3 is 0 Å². The maximum Gasteiger partial charge on any atom is 0.200 e. The number of benzene rings is 1. The Bertz CT molecular complexity index is 837. The highest BCUT2D eigenvalue weighted by Crippen LogP contribution is 2.27. The Morgan fingerprint density at radius 1 is 1.14 bits per heavy atom. The largest absolute Gasteiger partial charge is 0.265 e. The van der Waals surface area contributed by atoms with E-state index in [0.717, 1.165) is 0 Å².